The van der Waals surface area contributed by atoms with Crippen molar-refractivity contribution in [2.24, 2.45) is 0 Å². The SMILES string of the molecule is Cc1cc(C)nc(SC2(C(F)(F)Br)N[C@@H](Cc3ccccc3)CO2)n1. The van der Waals surface area contributed by atoms with Crippen molar-refractivity contribution in [2.45, 2.75) is 41.4 Å². The van der Waals surface area contributed by atoms with Gasteiger partial charge in [0, 0.05) is 17.4 Å². The standard InChI is InChI=1S/C17H18BrF2N3OS/c1-11-8-12(2)22-15(21-11)25-17(16(18,19)20)23-14(10-24-17)9-13-6-4-3-5-7-13/h3-8,14,23H,9-10H2,1-2H3/t14-,17?/m0/s1. The summed E-state index contributed by atoms with van der Waals surface area (Å²) in [6, 6.07) is 11.3. The first-order valence-corrected chi connectivity index (χ1v) is 9.42. The number of nitrogens with zero attached hydrogens (tertiary/aromatic N) is 2. The average Bonchev–Trinajstić information content (AvgIpc) is 2.91. The maximum absolute atomic E-state index is 14.3. The zero-order valence-corrected chi connectivity index (χ0v) is 16.2. The zero-order chi connectivity index (χ0) is 18.1. The van der Waals surface area contributed by atoms with E-state index < -0.39 is 9.89 Å². The van der Waals surface area contributed by atoms with Crippen LogP contribution >= 0.6 is 27.7 Å². The molecular weight excluding hydrogens is 412 g/mol. The van der Waals surface area contributed by atoms with Crippen LogP contribution in [0.3, 0.4) is 0 Å². The summed E-state index contributed by atoms with van der Waals surface area (Å²) in [6.07, 6.45) is 0.597. The lowest BCUT2D eigenvalue weighted by molar-refractivity contribution is -0.0766. The number of hydrogen-bond donors (Lipinski definition) is 1. The van der Waals surface area contributed by atoms with Crippen LogP contribution in [-0.2, 0) is 11.2 Å². The molecule has 1 fully saturated rings. The van der Waals surface area contributed by atoms with E-state index in [2.05, 4.69) is 31.2 Å². The Balaban J connectivity index is 1.81. The monoisotopic (exact) mass is 429 g/mol. The first-order valence-electron chi connectivity index (χ1n) is 7.81. The molecule has 1 aromatic carbocycles. The molecule has 134 valence electrons. The topological polar surface area (TPSA) is 47.0 Å². The van der Waals surface area contributed by atoms with Crippen molar-refractivity contribution in [3.63, 3.8) is 0 Å². The number of benzene rings is 1. The van der Waals surface area contributed by atoms with Crippen LogP contribution in [0.1, 0.15) is 17.0 Å². The molecule has 0 amide bonds. The molecule has 2 heterocycles. The molecule has 0 saturated carbocycles. The Hall–Kier alpha value is -1.09. The van der Waals surface area contributed by atoms with E-state index in [0.29, 0.717) is 6.42 Å². The van der Waals surface area contributed by atoms with Gasteiger partial charge in [0.2, 0.25) is 0 Å². The lowest BCUT2D eigenvalue weighted by atomic mass is 10.1. The van der Waals surface area contributed by atoms with Gasteiger partial charge in [0.25, 0.3) is 5.06 Å². The van der Waals surface area contributed by atoms with Gasteiger partial charge in [-0.15, -0.1) is 0 Å². The highest BCUT2D eigenvalue weighted by molar-refractivity contribution is 9.10. The summed E-state index contributed by atoms with van der Waals surface area (Å²) in [5, 5.41) is 1.25. The number of halogens is 3. The van der Waals surface area contributed by atoms with Crippen LogP contribution < -0.4 is 5.32 Å². The summed E-state index contributed by atoms with van der Waals surface area (Å²) in [7, 11) is 0. The predicted octanol–water partition coefficient (Wildman–Crippen LogP) is 4.06. The quantitative estimate of drug-likeness (QED) is 0.573. The zero-order valence-electron chi connectivity index (χ0n) is 13.8. The number of aromatic nitrogens is 2. The molecule has 25 heavy (non-hydrogen) atoms. The second-order valence-corrected chi connectivity index (χ2v) is 8.13. The van der Waals surface area contributed by atoms with Crippen LogP contribution in [0.15, 0.2) is 41.6 Å². The van der Waals surface area contributed by atoms with E-state index in [1.807, 2.05) is 30.3 Å². The van der Waals surface area contributed by atoms with Crippen LogP contribution in [0, 0.1) is 13.8 Å². The summed E-state index contributed by atoms with van der Waals surface area (Å²) in [4.78, 5) is 5.19. The Kier molecular flexibility index (Phi) is 5.43. The minimum absolute atomic E-state index is 0.174. The summed E-state index contributed by atoms with van der Waals surface area (Å²) < 4.78 is 34.2. The van der Waals surface area contributed by atoms with Crippen molar-refractivity contribution in [1.82, 2.24) is 15.3 Å². The maximum Gasteiger partial charge on any atom is 0.353 e. The second-order valence-electron chi connectivity index (χ2n) is 5.99. The molecule has 4 nitrogen and oxygen atoms in total. The van der Waals surface area contributed by atoms with Gasteiger partial charge in [-0.1, -0.05) is 30.3 Å². The van der Waals surface area contributed by atoms with Gasteiger partial charge in [0.15, 0.2) is 5.16 Å². The number of ether oxygens (including phenoxy) is 1. The Labute approximate surface area is 157 Å². The van der Waals surface area contributed by atoms with Crippen molar-refractivity contribution in [1.29, 1.82) is 0 Å². The molecule has 0 bridgehead atoms. The smallest absolute Gasteiger partial charge is 0.343 e. The maximum atomic E-state index is 14.3. The van der Waals surface area contributed by atoms with E-state index in [0.717, 1.165) is 28.7 Å². The van der Waals surface area contributed by atoms with Crippen LogP contribution in [0.5, 0.6) is 0 Å². The highest BCUT2D eigenvalue weighted by Crippen LogP contribution is 2.48. The van der Waals surface area contributed by atoms with Gasteiger partial charge in [-0.05, 0) is 59.6 Å². The number of thioether (sulfide) groups is 1. The molecule has 3 rings (SSSR count). The molecular formula is C17H18BrF2N3OS. The molecule has 1 aliphatic heterocycles. The van der Waals surface area contributed by atoms with Gasteiger partial charge in [-0.2, -0.15) is 8.78 Å². The summed E-state index contributed by atoms with van der Waals surface area (Å²) >= 11 is 3.27. The lowest BCUT2D eigenvalue weighted by Crippen LogP contribution is -2.52. The van der Waals surface area contributed by atoms with Crippen molar-refractivity contribution < 1.29 is 13.5 Å². The Bertz CT molecular complexity index is 724. The van der Waals surface area contributed by atoms with E-state index in [4.69, 9.17) is 4.74 Å². The van der Waals surface area contributed by atoms with E-state index in [1.165, 1.54) is 0 Å². The minimum atomic E-state index is -3.29. The number of aryl methyl sites for hydroxylation is 2. The fourth-order valence-corrected chi connectivity index (χ4v) is 4.30. The number of nitrogens with one attached hydrogen (secondary N) is 1. The molecule has 1 N–H and O–H groups in total. The fraction of sp³-hybridized carbons (Fsp3) is 0.412. The fourth-order valence-electron chi connectivity index (χ4n) is 2.73. The Morgan fingerprint density at radius 1 is 1.28 bits per heavy atom. The third kappa shape index (κ3) is 4.36. The van der Waals surface area contributed by atoms with Crippen LogP contribution in [0.4, 0.5) is 8.78 Å². The lowest BCUT2D eigenvalue weighted by Gasteiger charge is -2.31. The third-order valence-corrected chi connectivity index (χ3v) is 5.74. The Morgan fingerprint density at radius 2 is 1.92 bits per heavy atom. The van der Waals surface area contributed by atoms with Crippen LogP contribution in [0.2, 0.25) is 0 Å². The molecule has 8 heteroatoms. The normalized spacial score (nSPS) is 23.8. The molecule has 1 unspecified atom stereocenters. The number of hydrogen-bond acceptors (Lipinski definition) is 5. The van der Waals surface area contributed by atoms with Gasteiger partial charge >= 0.3 is 4.83 Å². The predicted molar refractivity (Wildman–Crippen MR) is 97.0 cm³/mol. The number of alkyl halides is 3. The van der Waals surface area contributed by atoms with Crippen molar-refractivity contribution in [3.05, 3.63) is 53.3 Å². The highest BCUT2D eigenvalue weighted by Gasteiger charge is 2.59. The van der Waals surface area contributed by atoms with E-state index in [1.54, 1.807) is 19.9 Å². The van der Waals surface area contributed by atoms with Crippen LogP contribution in [-0.4, -0.2) is 32.5 Å². The molecule has 0 spiro atoms. The second kappa shape index (κ2) is 7.26. The van der Waals surface area contributed by atoms with Crippen molar-refractivity contribution >= 4 is 27.7 Å². The van der Waals surface area contributed by atoms with Gasteiger partial charge in [-0.25, -0.2) is 9.97 Å². The first kappa shape index (κ1) is 18.7. The Morgan fingerprint density at radius 3 is 2.52 bits per heavy atom. The van der Waals surface area contributed by atoms with Crippen molar-refractivity contribution in [2.75, 3.05) is 6.61 Å². The molecule has 1 aliphatic rings. The van der Waals surface area contributed by atoms with Gasteiger partial charge < -0.3 is 4.74 Å². The molecule has 0 aliphatic carbocycles. The molecule has 1 saturated heterocycles. The summed E-state index contributed by atoms with van der Waals surface area (Å²) in [6.45, 7) is 3.78. The molecule has 2 atom stereocenters. The summed E-state index contributed by atoms with van der Waals surface area (Å²) in [5.41, 5.74) is 2.51. The highest BCUT2D eigenvalue weighted by atomic mass is 79.9. The molecule has 0 radical (unpaired) electrons. The van der Waals surface area contributed by atoms with Gasteiger partial charge in [-0.3, -0.25) is 5.32 Å². The van der Waals surface area contributed by atoms with Crippen molar-refractivity contribution in [3.8, 4) is 0 Å². The van der Waals surface area contributed by atoms with E-state index >= 15 is 0 Å². The number of rotatable bonds is 5. The molecule has 2 aromatic rings. The largest absolute Gasteiger partial charge is 0.353 e. The van der Waals surface area contributed by atoms with E-state index in [-0.39, 0.29) is 17.8 Å². The first-order chi connectivity index (χ1) is 11.8. The van der Waals surface area contributed by atoms with Gasteiger partial charge in [0.05, 0.1) is 6.61 Å². The average molecular weight is 430 g/mol. The minimum Gasteiger partial charge on any atom is -0.343 e. The molecule has 1 aromatic heterocycles. The van der Waals surface area contributed by atoms with Crippen LogP contribution in [0.25, 0.3) is 0 Å². The third-order valence-electron chi connectivity index (χ3n) is 3.78. The van der Waals surface area contributed by atoms with E-state index in [9.17, 15) is 8.78 Å². The van der Waals surface area contributed by atoms with Gasteiger partial charge in [0.1, 0.15) is 0 Å². The summed E-state index contributed by atoms with van der Waals surface area (Å²) in [5.74, 6) is 0.